The van der Waals surface area contributed by atoms with Crippen molar-refractivity contribution in [2.24, 2.45) is 5.92 Å². The molecule has 0 bridgehead atoms. The van der Waals surface area contributed by atoms with Gasteiger partial charge >= 0.3 is 0 Å². The van der Waals surface area contributed by atoms with Crippen molar-refractivity contribution >= 4 is 0 Å². The van der Waals surface area contributed by atoms with Crippen LogP contribution in [0.1, 0.15) is 54.5 Å². The maximum atomic E-state index is 10.0. The third kappa shape index (κ3) is 5.44. The first-order valence-corrected chi connectivity index (χ1v) is 10.1. The van der Waals surface area contributed by atoms with Crippen molar-refractivity contribution in [2.45, 2.75) is 59.3 Å². The predicted molar refractivity (Wildman–Crippen MR) is 115 cm³/mol. The lowest BCUT2D eigenvalue weighted by atomic mass is 9.69. The summed E-state index contributed by atoms with van der Waals surface area (Å²) in [5.74, 6) is 0.292. The fourth-order valence-corrected chi connectivity index (χ4v) is 3.75. The Morgan fingerprint density at radius 1 is 1.00 bits per heavy atom. The maximum Gasteiger partial charge on any atom is 0.0845 e. The van der Waals surface area contributed by atoms with E-state index in [2.05, 4.69) is 88.5 Å². The van der Waals surface area contributed by atoms with E-state index in [9.17, 15) is 5.26 Å². The largest absolute Gasteiger partial charge is 0.316 e. The second-order valence-corrected chi connectivity index (χ2v) is 8.13. The quantitative estimate of drug-likeness (QED) is 0.586. The fourth-order valence-electron chi connectivity index (χ4n) is 3.75. The molecule has 0 saturated carbocycles. The average molecular weight is 363 g/mol. The highest BCUT2D eigenvalue weighted by Gasteiger charge is 2.35. The highest BCUT2D eigenvalue weighted by atomic mass is 14.8. The molecule has 1 unspecified atom stereocenters. The average Bonchev–Trinajstić information content (AvgIpc) is 2.64. The van der Waals surface area contributed by atoms with Crippen LogP contribution in [0.25, 0.3) is 0 Å². The molecule has 0 heterocycles. The summed E-state index contributed by atoms with van der Waals surface area (Å²) in [6.45, 7) is 12.7. The predicted octanol–water partition coefficient (Wildman–Crippen LogP) is 5.64. The first-order valence-electron chi connectivity index (χ1n) is 10.1. The van der Waals surface area contributed by atoms with Gasteiger partial charge in [-0.3, -0.25) is 0 Å². The molecule has 0 spiro atoms. The molecule has 1 atom stereocenters. The molecule has 27 heavy (non-hydrogen) atoms. The van der Waals surface area contributed by atoms with Gasteiger partial charge in [0.15, 0.2) is 0 Å². The Kier molecular flexibility index (Phi) is 7.63. The van der Waals surface area contributed by atoms with Crippen LogP contribution in [0.15, 0.2) is 42.5 Å². The van der Waals surface area contributed by atoms with E-state index in [1.54, 1.807) is 0 Å². The van der Waals surface area contributed by atoms with Crippen molar-refractivity contribution in [1.82, 2.24) is 5.32 Å². The number of nitrogens with zero attached hydrogens (tertiary/aromatic N) is 1. The fraction of sp³-hybridized carbons (Fsp3) is 0.480. The van der Waals surface area contributed by atoms with Crippen LogP contribution < -0.4 is 5.32 Å². The first-order chi connectivity index (χ1) is 12.9. The number of rotatable bonds is 9. The van der Waals surface area contributed by atoms with Crippen molar-refractivity contribution in [3.8, 4) is 6.07 Å². The lowest BCUT2D eigenvalue weighted by Crippen LogP contribution is -2.32. The molecule has 2 aromatic carbocycles. The highest BCUT2D eigenvalue weighted by molar-refractivity contribution is 5.36. The normalized spacial score (nSPS) is 13.4. The van der Waals surface area contributed by atoms with Gasteiger partial charge in [0, 0.05) is 0 Å². The maximum absolute atomic E-state index is 10.0. The Morgan fingerprint density at radius 3 is 2.41 bits per heavy atom. The minimum atomic E-state index is -0.401. The molecule has 0 aliphatic rings. The molecule has 0 aromatic heterocycles. The van der Waals surface area contributed by atoms with E-state index in [1.807, 2.05) is 0 Å². The summed E-state index contributed by atoms with van der Waals surface area (Å²) in [6, 6.07) is 17.8. The summed E-state index contributed by atoms with van der Waals surface area (Å²) in [5.41, 5.74) is 6.08. The lowest BCUT2D eigenvalue weighted by molar-refractivity contribution is 0.356. The van der Waals surface area contributed by atoms with Crippen LogP contribution in [0, 0.1) is 38.0 Å². The van der Waals surface area contributed by atoms with Gasteiger partial charge < -0.3 is 5.32 Å². The summed E-state index contributed by atoms with van der Waals surface area (Å²) in [7, 11) is 0. The topological polar surface area (TPSA) is 35.8 Å². The summed E-state index contributed by atoms with van der Waals surface area (Å²) in [4.78, 5) is 0. The van der Waals surface area contributed by atoms with E-state index in [4.69, 9.17) is 0 Å². The van der Waals surface area contributed by atoms with Gasteiger partial charge in [0.05, 0.1) is 11.5 Å². The molecule has 0 aliphatic heterocycles. The number of nitriles is 1. The van der Waals surface area contributed by atoms with E-state index in [1.165, 1.54) is 22.3 Å². The van der Waals surface area contributed by atoms with Crippen LogP contribution in [0.4, 0.5) is 0 Å². The first kappa shape index (κ1) is 21.2. The number of aryl methyl sites for hydroxylation is 3. The zero-order valence-electron chi connectivity index (χ0n) is 17.6. The van der Waals surface area contributed by atoms with Gasteiger partial charge in [-0.25, -0.2) is 0 Å². The van der Waals surface area contributed by atoms with Crippen molar-refractivity contribution in [2.75, 3.05) is 13.1 Å². The van der Waals surface area contributed by atoms with E-state index < -0.39 is 5.41 Å². The molecule has 1 N–H and O–H groups in total. The molecule has 0 aliphatic carbocycles. The molecule has 0 fully saturated rings. The molecule has 0 saturated heterocycles. The number of hydrogen-bond acceptors (Lipinski definition) is 2. The van der Waals surface area contributed by atoms with Crippen LogP contribution in [-0.2, 0) is 11.8 Å². The molecule has 0 amide bonds. The zero-order chi connectivity index (χ0) is 19.9. The monoisotopic (exact) mass is 362 g/mol. The minimum absolute atomic E-state index is 0.292. The van der Waals surface area contributed by atoms with Crippen molar-refractivity contribution in [1.29, 1.82) is 5.26 Å². The molecule has 2 aromatic rings. The summed E-state index contributed by atoms with van der Waals surface area (Å²) in [5, 5.41) is 13.6. The van der Waals surface area contributed by atoms with E-state index in [0.717, 1.165) is 37.9 Å². The SMILES string of the molecule is Cc1cccc(C(C#N)(CCCNCCc2ccc(C)c(C)c2)C(C)C)c1. The summed E-state index contributed by atoms with van der Waals surface area (Å²) < 4.78 is 0. The number of hydrogen-bond donors (Lipinski definition) is 1. The van der Waals surface area contributed by atoms with Crippen molar-refractivity contribution in [3.63, 3.8) is 0 Å². The minimum Gasteiger partial charge on any atom is -0.316 e. The Balaban J connectivity index is 1.87. The zero-order valence-corrected chi connectivity index (χ0v) is 17.6. The molecular formula is C25H34N2. The lowest BCUT2D eigenvalue weighted by Gasteiger charge is -2.31. The second-order valence-electron chi connectivity index (χ2n) is 8.13. The summed E-state index contributed by atoms with van der Waals surface area (Å²) >= 11 is 0. The van der Waals surface area contributed by atoms with Gasteiger partial charge in [0.2, 0.25) is 0 Å². The van der Waals surface area contributed by atoms with Crippen LogP contribution in [0.2, 0.25) is 0 Å². The molecule has 2 rings (SSSR count). The van der Waals surface area contributed by atoms with Gasteiger partial charge in [-0.15, -0.1) is 0 Å². The Bertz CT molecular complexity index is 785. The summed E-state index contributed by atoms with van der Waals surface area (Å²) in [6.07, 6.45) is 2.94. The van der Waals surface area contributed by atoms with E-state index in [-0.39, 0.29) is 0 Å². The Morgan fingerprint density at radius 2 is 1.78 bits per heavy atom. The van der Waals surface area contributed by atoms with Crippen LogP contribution >= 0.6 is 0 Å². The number of benzene rings is 2. The Labute approximate surface area is 165 Å². The third-order valence-electron chi connectivity index (χ3n) is 5.80. The smallest absolute Gasteiger partial charge is 0.0845 e. The van der Waals surface area contributed by atoms with Gasteiger partial charge in [-0.2, -0.15) is 5.26 Å². The molecular weight excluding hydrogens is 328 g/mol. The van der Waals surface area contributed by atoms with Gasteiger partial charge in [-0.05, 0) is 81.3 Å². The third-order valence-corrected chi connectivity index (χ3v) is 5.80. The molecule has 2 nitrogen and oxygen atoms in total. The van der Waals surface area contributed by atoms with Crippen LogP contribution in [-0.4, -0.2) is 13.1 Å². The highest BCUT2D eigenvalue weighted by Crippen LogP contribution is 2.36. The van der Waals surface area contributed by atoms with Crippen LogP contribution in [0.3, 0.4) is 0 Å². The molecule has 144 valence electrons. The number of nitrogens with one attached hydrogen (secondary N) is 1. The van der Waals surface area contributed by atoms with E-state index in [0.29, 0.717) is 5.92 Å². The Hall–Kier alpha value is -2.11. The van der Waals surface area contributed by atoms with Crippen LogP contribution in [0.5, 0.6) is 0 Å². The van der Waals surface area contributed by atoms with Crippen molar-refractivity contribution in [3.05, 3.63) is 70.3 Å². The van der Waals surface area contributed by atoms with E-state index >= 15 is 0 Å². The standard InChI is InChI=1S/C25H34N2/c1-19(2)25(18-26,24-9-6-8-20(3)16-24)13-7-14-27-15-12-23-11-10-21(4)22(5)17-23/h6,8-11,16-17,19,27H,7,12-15H2,1-5H3. The van der Waals surface area contributed by atoms with Gasteiger partial charge in [-0.1, -0.05) is 61.9 Å². The van der Waals surface area contributed by atoms with Crippen molar-refractivity contribution < 1.29 is 0 Å². The van der Waals surface area contributed by atoms with Gasteiger partial charge in [0.25, 0.3) is 0 Å². The van der Waals surface area contributed by atoms with Gasteiger partial charge in [0.1, 0.15) is 0 Å². The molecule has 2 heteroatoms. The molecule has 0 radical (unpaired) electrons. The second kappa shape index (κ2) is 9.72.